The van der Waals surface area contributed by atoms with E-state index >= 15 is 0 Å². The van der Waals surface area contributed by atoms with Crippen molar-refractivity contribution in [1.82, 2.24) is 5.32 Å². The number of ether oxygens (including phenoxy) is 1. The second-order valence-corrected chi connectivity index (χ2v) is 4.85. The van der Waals surface area contributed by atoms with Gasteiger partial charge in [-0.2, -0.15) is 0 Å². The Kier molecular flexibility index (Phi) is 4.55. The Labute approximate surface area is 108 Å². The van der Waals surface area contributed by atoms with Crippen LogP contribution in [0.3, 0.4) is 0 Å². The zero-order valence-corrected chi connectivity index (χ0v) is 10.8. The SMILES string of the molecule is CCC1OCCC1CNCc1ccc(N)c(F)c1. The fourth-order valence-electron chi connectivity index (χ4n) is 2.46. The van der Waals surface area contributed by atoms with Crippen molar-refractivity contribution in [2.24, 2.45) is 5.92 Å². The fourth-order valence-corrected chi connectivity index (χ4v) is 2.46. The van der Waals surface area contributed by atoms with Gasteiger partial charge in [0.15, 0.2) is 0 Å². The van der Waals surface area contributed by atoms with Crippen LogP contribution in [0.5, 0.6) is 0 Å². The van der Waals surface area contributed by atoms with E-state index in [9.17, 15) is 4.39 Å². The molecule has 0 aromatic heterocycles. The summed E-state index contributed by atoms with van der Waals surface area (Å²) in [6.45, 7) is 4.61. The van der Waals surface area contributed by atoms with Crippen molar-refractivity contribution in [2.45, 2.75) is 32.4 Å². The van der Waals surface area contributed by atoms with E-state index in [0.717, 1.165) is 31.6 Å². The molecule has 1 fully saturated rings. The van der Waals surface area contributed by atoms with Crippen LogP contribution in [-0.4, -0.2) is 19.3 Å². The first kappa shape index (κ1) is 13.3. The quantitative estimate of drug-likeness (QED) is 0.791. The third-order valence-corrected chi connectivity index (χ3v) is 3.55. The normalized spacial score (nSPS) is 23.4. The molecule has 3 N–H and O–H groups in total. The molecular formula is C14H21FN2O. The summed E-state index contributed by atoms with van der Waals surface area (Å²) < 4.78 is 18.9. The largest absolute Gasteiger partial charge is 0.396 e. The molecule has 1 aliphatic rings. The van der Waals surface area contributed by atoms with Gasteiger partial charge in [-0.1, -0.05) is 13.0 Å². The van der Waals surface area contributed by atoms with Gasteiger partial charge in [0.25, 0.3) is 0 Å². The van der Waals surface area contributed by atoms with E-state index in [1.165, 1.54) is 6.07 Å². The van der Waals surface area contributed by atoms with Crippen molar-refractivity contribution in [3.63, 3.8) is 0 Å². The summed E-state index contributed by atoms with van der Waals surface area (Å²) in [7, 11) is 0. The lowest BCUT2D eigenvalue weighted by Gasteiger charge is -2.17. The van der Waals surface area contributed by atoms with E-state index in [1.54, 1.807) is 6.07 Å². The molecule has 0 saturated carbocycles. The second-order valence-electron chi connectivity index (χ2n) is 4.85. The van der Waals surface area contributed by atoms with Crippen molar-refractivity contribution in [1.29, 1.82) is 0 Å². The van der Waals surface area contributed by atoms with E-state index in [0.29, 0.717) is 18.6 Å². The standard InChI is InChI=1S/C14H21FN2O/c1-2-14-11(5-6-18-14)9-17-8-10-3-4-13(16)12(15)7-10/h3-4,7,11,14,17H,2,5-6,8-9,16H2,1H3. The summed E-state index contributed by atoms with van der Waals surface area (Å²) in [5.74, 6) is 0.235. The number of nitrogen functional groups attached to an aromatic ring is 1. The van der Waals surface area contributed by atoms with Crippen LogP contribution in [0.4, 0.5) is 10.1 Å². The van der Waals surface area contributed by atoms with Crippen molar-refractivity contribution < 1.29 is 9.13 Å². The molecule has 1 heterocycles. The molecule has 1 aromatic rings. The first-order valence-electron chi connectivity index (χ1n) is 6.57. The van der Waals surface area contributed by atoms with Crippen LogP contribution in [0, 0.1) is 11.7 Å². The minimum atomic E-state index is -0.343. The predicted molar refractivity (Wildman–Crippen MR) is 70.7 cm³/mol. The van der Waals surface area contributed by atoms with Crippen molar-refractivity contribution in [3.8, 4) is 0 Å². The van der Waals surface area contributed by atoms with Crippen LogP contribution in [0.2, 0.25) is 0 Å². The minimum Gasteiger partial charge on any atom is -0.396 e. The van der Waals surface area contributed by atoms with Crippen LogP contribution < -0.4 is 11.1 Å². The summed E-state index contributed by atoms with van der Waals surface area (Å²) in [4.78, 5) is 0. The molecule has 18 heavy (non-hydrogen) atoms. The van der Waals surface area contributed by atoms with Crippen LogP contribution >= 0.6 is 0 Å². The van der Waals surface area contributed by atoms with Crippen molar-refractivity contribution in [2.75, 3.05) is 18.9 Å². The van der Waals surface area contributed by atoms with Crippen LogP contribution in [0.15, 0.2) is 18.2 Å². The topological polar surface area (TPSA) is 47.3 Å². The average molecular weight is 252 g/mol. The van der Waals surface area contributed by atoms with Gasteiger partial charge < -0.3 is 15.8 Å². The molecule has 0 amide bonds. The molecule has 2 unspecified atom stereocenters. The minimum absolute atomic E-state index is 0.203. The summed E-state index contributed by atoms with van der Waals surface area (Å²) in [6, 6.07) is 4.96. The highest BCUT2D eigenvalue weighted by molar-refractivity contribution is 5.41. The Morgan fingerprint density at radius 3 is 3.06 bits per heavy atom. The molecule has 3 nitrogen and oxygen atoms in total. The van der Waals surface area contributed by atoms with Gasteiger partial charge >= 0.3 is 0 Å². The Morgan fingerprint density at radius 2 is 2.33 bits per heavy atom. The number of rotatable bonds is 5. The van der Waals surface area contributed by atoms with Gasteiger partial charge in [0.05, 0.1) is 11.8 Å². The Bertz CT molecular complexity index is 397. The van der Waals surface area contributed by atoms with Crippen molar-refractivity contribution in [3.05, 3.63) is 29.6 Å². The van der Waals surface area contributed by atoms with Gasteiger partial charge in [0, 0.05) is 19.7 Å². The third-order valence-electron chi connectivity index (χ3n) is 3.55. The van der Waals surface area contributed by atoms with Crippen molar-refractivity contribution >= 4 is 5.69 Å². The first-order valence-corrected chi connectivity index (χ1v) is 6.57. The van der Waals surface area contributed by atoms with E-state index in [4.69, 9.17) is 10.5 Å². The summed E-state index contributed by atoms with van der Waals surface area (Å²) >= 11 is 0. The lowest BCUT2D eigenvalue weighted by Crippen LogP contribution is -2.28. The molecule has 100 valence electrons. The fraction of sp³-hybridized carbons (Fsp3) is 0.571. The van der Waals surface area contributed by atoms with Crippen LogP contribution in [0.1, 0.15) is 25.3 Å². The van der Waals surface area contributed by atoms with Gasteiger partial charge in [-0.3, -0.25) is 0 Å². The summed E-state index contributed by atoms with van der Waals surface area (Å²) in [6.07, 6.45) is 2.55. The molecule has 0 spiro atoms. The highest BCUT2D eigenvalue weighted by atomic mass is 19.1. The monoisotopic (exact) mass is 252 g/mol. The lowest BCUT2D eigenvalue weighted by molar-refractivity contribution is 0.0872. The molecule has 0 radical (unpaired) electrons. The second kappa shape index (κ2) is 6.16. The van der Waals surface area contributed by atoms with Gasteiger partial charge in [-0.15, -0.1) is 0 Å². The highest BCUT2D eigenvalue weighted by Crippen LogP contribution is 2.22. The Morgan fingerprint density at radius 1 is 1.50 bits per heavy atom. The molecule has 1 saturated heterocycles. The number of nitrogens with one attached hydrogen (secondary N) is 1. The number of nitrogens with two attached hydrogens (primary N) is 1. The van der Waals surface area contributed by atoms with Crippen LogP contribution in [-0.2, 0) is 11.3 Å². The summed E-state index contributed by atoms with van der Waals surface area (Å²) in [5, 5.41) is 3.37. The maximum absolute atomic E-state index is 13.3. The number of hydrogen-bond donors (Lipinski definition) is 2. The average Bonchev–Trinajstić information content (AvgIpc) is 2.81. The van der Waals surface area contributed by atoms with Gasteiger partial charge in [-0.25, -0.2) is 4.39 Å². The molecule has 2 rings (SSSR count). The van der Waals surface area contributed by atoms with E-state index in [2.05, 4.69) is 12.2 Å². The van der Waals surface area contributed by atoms with Gasteiger partial charge in [0.1, 0.15) is 5.82 Å². The molecule has 1 aliphatic heterocycles. The van der Waals surface area contributed by atoms with Gasteiger partial charge in [-0.05, 0) is 36.5 Å². The zero-order valence-electron chi connectivity index (χ0n) is 10.8. The summed E-state index contributed by atoms with van der Waals surface area (Å²) in [5.41, 5.74) is 6.57. The van der Waals surface area contributed by atoms with Crippen LogP contribution in [0.25, 0.3) is 0 Å². The zero-order chi connectivity index (χ0) is 13.0. The smallest absolute Gasteiger partial charge is 0.146 e. The molecule has 0 aliphatic carbocycles. The maximum Gasteiger partial charge on any atom is 0.146 e. The lowest BCUT2D eigenvalue weighted by atomic mass is 9.99. The molecule has 0 bridgehead atoms. The molecule has 1 aromatic carbocycles. The third kappa shape index (κ3) is 3.21. The highest BCUT2D eigenvalue weighted by Gasteiger charge is 2.25. The van der Waals surface area contributed by atoms with Gasteiger partial charge in [0.2, 0.25) is 0 Å². The number of anilines is 1. The Balaban J connectivity index is 1.79. The molecule has 2 atom stereocenters. The molecular weight excluding hydrogens is 231 g/mol. The predicted octanol–water partition coefficient (Wildman–Crippen LogP) is 2.31. The number of benzene rings is 1. The molecule has 4 heteroatoms. The number of halogens is 1. The van der Waals surface area contributed by atoms with E-state index in [1.807, 2.05) is 6.07 Å². The van der Waals surface area contributed by atoms with E-state index < -0.39 is 0 Å². The van der Waals surface area contributed by atoms with E-state index in [-0.39, 0.29) is 11.5 Å². The maximum atomic E-state index is 13.3. The Hall–Kier alpha value is -1.13. The number of hydrogen-bond acceptors (Lipinski definition) is 3. The first-order chi connectivity index (χ1) is 8.70.